The topological polar surface area (TPSA) is 77.9 Å². The largest absolute Gasteiger partial charge is 0.380 e. The molecule has 0 aliphatic heterocycles. The van der Waals surface area contributed by atoms with Crippen LogP contribution in [0.4, 0.5) is 11.5 Å². The number of anilines is 2. The zero-order valence-corrected chi connectivity index (χ0v) is 15.7. The maximum Gasteiger partial charge on any atom is 0.275 e. The van der Waals surface area contributed by atoms with Gasteiger partial charge in [0.1, 0.15) is 11.5 Å². The molecule has 136 valence electrons. The third kappa shape index (κ3) is 4.95. The van der Waals surface area contributed by atoms with Crippen molar-refractivity contribution < 1.29 is 4.79 Å². The van der Waals surface area contributed by atoms with Crippen molar-refractivity contribution in [3.8, 4) is 0 Å². The number of benzene rings is 2. The van der Waals surface area contributed by atoms with Gasteiger partial charge in [-0.25, -0.2) is 4.98 Å². The van der Waals surface area contributed by atoms with Gasteiger partial charge in [0.2, 0.25) is 0 Å². The van der Waals surface area contributed by atoms with Crippen LogP contribution in [0.25, 0.3) is 0 Å². The van der Waals surface area contributed by atoms with E-state index in [2.05, 4.69) is 39.9 Å². The maximum absolute atomic E-state index is 12.4. The zero-order chi connectivity index (χ0) is 19.1. The van der Waals surface area contributed by atoms with Crippen molar-refractivity contribution in [2.75, 3.05) is 16.9 Å². The molecule has 0 spiro atoms. The molecule has 0 saturated carbocycles. The minimum absolute atomic E-state index is 0.110. The van der Waals surface area contributed by atoms with Crippen LogP contribution in [0.15, 0.2) is 77.8 Å². The van der Waals surface area contributed by atoms with E-state index in [1.54, 1.807) is 42.2 Å². The summed E-state index contributed by atoms with van der Waals surface area (Å²) < 4.78 is 0. The summed E-state index contributed by atoms with van der Waals surface area (Å²) in [5.41, 5.74) is 2.31. The molecule has 1 aromatic heterocycles. The normalized spacial score (nSPS) is 10.3. The van der Waals surface area contributed by atoms with E-state index in [0.29, 0.717) is 17.9 Å². The summed E-state index contributed by atoms with van der Waals surface area (Å²) in [4.78, 5) is 17.7. The highest BCUT2D eigenvalue weighted by atomic mass is 32.2. The van der Waals surface area contributed by atoms with Crippen molar-refractivity contribution >= 4 is 34.9 Å². The Morgan fingerprint density at radius 2 is 1.78 bits per heavy atom. The van der Waals surface area contributed by atoms with Gasteiger partial charge in [0.05, 0.1) is 0 Å². The predicted octanol–water partition coefficient (Wildman–Crippen LogP) is 4.42. The number of carbonyl (C=O) groups excluding carboxylic acids is 1. The van der Waals surface area contributed by atoms with E-state index in [1.807, 2.05) is 24.5 Å². The monoisotopic (exact) mass is 376 g/mol. The van der Waals surface area contributed by atoms with Gasteiger partial charge in [-0.3, -0.25) is 10.2 Å². The molecule has 2 aromatic carbocycles. The summed E-state index contributed by atoms with van der Waals surface area (Å²) in [5.74, 6) is -0.0705. The summed E-state index contributed by atoms with van der Waals surface area (Å²) in [5, 5.41) is 14.3. The SMILES string of the molecule is CSc1ccc(CNc2ccccc2C(=N)C(=O)Nc2ccccn2)cc1. The number of nitrogens with one attached hydrogen (secondary N) is 3. The Labute approximate surface area is 162 Å². The van der Waals surface area contributed by atoms with Gasteiger partial charge >= 0.3 is 0 Å². The first-order chi connectivity index (χ1) is 13.2. The molecule has 0 bridgehead atoms. The van der Waals surface area contributed by atoms with Crippen LogP contribution in [-0.2, 0) is 11.3 Å². The second-order valence-electron chi connectivity index (χ2n) is 5.79. The number of rotatable bonds is 7. The molecule has 0 radical (unpaired) electrons. The third-order valence-corrected chi connectivity index (χ3v) is 4.72. The fourth-order valence-electron chi connectivity index (χ4n) is 2.53. The minimum Gasteiger partial charge on any atom is -0.380 e. The Balaban J connectivity index is 1.70. The van der Waals surface area contributed by atoms with Gasteiger partial charge in [-0.05, 0) is 42.2 Å². The maximum atomic E-state index is 12.4. The quantitative estimate of drug-likeness (QED) is 0.421. The molecular formula is C21H20N4OS. The molecule has 3 aromatic rings. The highest BCUT2D eigenvalue weighted by Gasteiger charge is 2.16. The molecule has 0 aliphatic carbocycles. The van der Waals surface area contributed by atoms with Gasteiger partial charge in [0, 0.05) is 28.9 Å². The van der Waals surface area contributed by atoms with E-state index in [0.717, 1.165) is 11.3 Å². The van der Waals surface area contributed by atoms with E-state index in [9.17, 15) is 4.79 Å². The highest BCUT2D eigenvalue weighted by Crippen LogP contribution is 2.19. The first-order valence-electron chi connectivity index (χ1n) is 8.44. The summed E-state index contributed by atoms with van der Waals surface area (Å²) in [6, 6.07) is 20.9. The van der Waals surface area contributed by atoms with E-state index in [4.69, 9.17) is 5.41 Å². The molecule has 3 N–H and O–H groups in total. The zero-order valence-electron chi connectivity index (χ0n) is 14.9. The molecule has 5 nitrogen and oxygen atoms in total. The van der Waals surface area contributed by atoms with Crippen molar-refractivity contribution in [1.82, 2.24) is 4.98 Å². The van der Waals surface area contributed by atoms with Crippen LogP contribution in [-0.4, -0.2) is 22.9 Å². The van der Waals surface area contributed by atoms with E-state index in [1.165, 1.54) is 4.90 Å². The summed E-state index contributed by atoms with van der Waals surface area (Å²) in [6.45, 7) is 0.612. The molecule has 0 atom stereocenters. The Hall–Kier alpha value is -3.12. The van der Waals surface area contributed by atoms with E-state index < -0.39 is 5.91 Å². The number of carbonyl (C=O) groups is 1. The Kier molecular flexibility index (Phi) is 6.22. The average molecular weight is 376 g/mol. The number of nitrogens with zero attached hydrogens (tertiary/aromatic N) is 1. The number of hydrogen-bond donors (Lipinski definition) is 3. The van der Waals surface area contributed by atoms with Gasteiger partial charge in [-0.15, -0.1) is 11.8 Å². The van der Waals surface area contributed by atoms with Crippen molar-refractivity contribution in [3.63, 3.8) is 0 Å². The Morgan fingerprint density at radius 3 is 2.48 bits per heavy atom. The number of aromatic nitrogens is 1. The number of para-hydroxylation sites is 1. The first-order valence-corrected chi connectivity index (χ1v) is 9.67. The van der Waals surface area contributed by atoms with E-state index in [-0.39, 0.29) is 5.71 Å². The van der Waals surface area contributed by atoms with Crippen LogP contribution in [0.3, 0.4) is 0 Å². The molecular weight excluding hydrogens is 356 g/mol. The second kappa shape index (κ2) is 9.00. The van der Waals surface area contributed by atoms with Gasteiger partial charge in [-0.2, -0.15) is 0 Å². The van der Waals surface area contributed by atoms with Crippen molar-refractivity contribution in [2.45, 2.75) is 11.4 Å². The van der Waals surface area contributed by atoms with Crippen LogP contribution in [0, 0.1) is 5.41 Å². The standard InChI is InChI=1S/C21H20N4OS/c1-27-16-11-9-15(10-12-16)14-24-18-7-3-2-6-17(18)20(22)21(26)25-19-8-4-5-13-23-19/h2-13,22,24H,14H2,1H3,(H,23,25,26). The lowest BCUT2D eigenvalue weighted by Gasteiger charge is -2.13. The lowest BCUT2D eigenvalue weighted by atomic mass is 10.1. The molecule has 0 unspecified atom stereocenters. The number of amides is 1. The van der Waals surface area contributed by atoms with Crippen LogP contribution in [0.2, 0.25) is 0 Å². The molecule has 0 aliphatic rings. The Bertz CT molecular complexity index is 926. The lowest BCUT2D eigenvalue weighted by molar-refractivity contribution is -0.110. The van der Waals surface area contributed by atoms with E-state index >= 15 is 0 Å². The van der Waals surface area contributed by atoms with Gasteiger partial charge in [0.25, 0.3) is 5.91 Å². The minimum atomic E-state index is -0.493. The van der Waals surface area contributed by atoms with Gasteiger partial charge < -0.3 is 10.6 Å². The van der Waals surface area contributed by atoms with Crippen molar-refractivity contribution in [3.05, 3.63) is 84.1 Å². The number of hydrogen-bond acceptors (Lipinski definition) is 5. The molecule has 1 heterocycles. The second-order valence-corrected chi connectivity index (χ2v) is 6.67. The molecule has 6 heteroatoms. The van der Waals surface area contributed by atoms with Crippen LogP contribution in [0.5, 0.6) is 0 Å². The van der Waals surface area contributed by atoms with Crippen molar-refractivity contribution in [1.29, 1.82) is 5.41 Å². The van der Waals surface area contributed by atoms with Crippen LogP contribution < -0.4 is 10.6 Å². The molecule has 1 amide bonds. The summed E-state index contributed by atoms with van der Waals surface area (Å²) >= 11 is 1.70. The molecule has 3 rings (SSSR count). The first kappa shape index (κ1) is 18.7. The van der Waals surface area contributed by atoms with Crippen LogP contribution in [0.1, 0.15) is 11.1 Å². The molecule has 0 fully saturated rings. The number of pyridine rings is 1. The average Bonchev–Trinajstić information content (AvgIpc) is 2.73. The summed E-state index contributed by atoms with van der Waals surface area (Å²) in [7, 11) is 0. The molecule has 0 saturated heterocycles. The fourth-order valence-corrected chi connectivity index (χ4v) is 2.94. The van der Waals surface area contributed by atoms with Crippen molar-refractivity contribution in [2.24, 2.45) is 0 Å². The third-order valence-electron chi connectivity index (χ3n) is 3.97. The van der Waals surface area contributed by atoms with Crippen LogP contribution >= 0.6 is 11.8 Å². The predicted molar refractivity (Wildman–Crippen MR) is 112 cm³/mol. The smallest absolute Gasteiger partial charge is 0.275 e. The summed E-state index contributed by atoms with van der Waals surface area (Å²) in [6.07, 6.45) is 3.64. The highest BCUT2D eigenvalue weighted by molar-refractivity contribution is 7.98. The lowest BCUT2D eigenvalue weighted by Crippen LogP contribution is -2.24. The molecule has 27 heavy (non-hydrogen) atoms. The van der Waals surface area contributed by atoms with Gasteiger partial charge in [0.15, 0.2) is 0 Å². The fraction of sp³-hybridized carbons (Fsp3) is 0.0952. The number of thioether (sulfide) groups is 1. The van der Waals surface area contributed by atoms with Gasteiger partial charge in [-0.1, -0.05) is 36.4 Å². The Morgan fingerprint density at radius 1 is 1.04 bits per heavy atom.